The summed E-state index contributed by atoms with van der Waals surface area (Å²) in [7, 11) is 1.32. The van der Waals surface area contributed by atoms with E-state index in [0.717, 1.165) is 0 Å². The summed E-state index contributed by atoms with van der Waals surface area (Å²) >= 11 is 5.93. The van der Waals surface area contributed by atoms with Crippen LogP contribution in [0.4, 0.5) is 11.4 Å². The molecule has 0 saturated heterocycles. The van der Waals surface area contributed by atoms with E-state index in [1.807, 2.05) is 13.8 Å². The van der Waals surface area contributed by atoms with Crippen molar-refractivity contribution in [1.29, 1.82) is 0 Å². The van der Waals surface area contributed by atoms with E-state index in [0.29, 0.717) is 11.3 Å². The van der Waals surface area contributed by atoms with E-state index in [4.69, 9.17) is 11.6 Å². The number of rotatable bonds is 5. The van der Waals surface area contributed by atoms with Crippen LogP contribution in [0, 0.1) is 17.0 Å². The molecule has 0 atom stereocenters. The third kappa shape index (κ3) is 3.60. The highest BCUT2D eigenvalue weighted by Gasteiger charge is 2.21. The molecule has 0 heterocycles. The molecule has 0 fully saturated rings. The van der Waals surface area contributed by atoms with E-state index in [1.165, 1.54) is 19.2 Å². The first kappa shape index (κ1) is 16.2. The van der Waals surface area contributed by atoms with Gasteiger partial charge >= 0.3 is 5.97 Å². The highest BCUT2D eigenvalue weighted by Crippen LogP contribution is 2.33. The van der Waals surface area contributed by atoms with Crippen molar-refractivity contribution in [2.75, 3.05) is 18.6 Å². The molecule has 1 aromatic carbocycles. The maximum Gasteiger partial charge on any atom is 0.325 e. The number of benzene rings is 1. The van der Waals surface area contributed by atoms with Crippen LogP contribution >= 0.6 is 11.6 Å². The van der Waals surface area contributed by atoms with Gasteiger partial charge < -0.3 is 9.64 Å². The predicted octanol–water partition coefficient (Wildman–Crippen LogP) is 2.94. The number of ether oxygens (including phenoxy) is 1. The Balaban J connectivity index is 3.24. The summed E-state index contributed by atoms with van der Waals surface area (Å²) in [6, 6.07) is 2.94. The Hall–Kier alpha value is -1.82. The van der Waals surface area contributed by atoms with Crippen LogP contribution in [-0.4, -0.2) is 30.6 Å². The van der Waals surface area contributed by atoms with Crippen molar-refractivity contribution in [2.45, 2.75) is 26.8 Å². The Morgan fingerprint density at radius 3 is 2.55 bits per heavy atom. The molecule has 0 aliphatic rings. The van der Waals surface area contributed by atoms with Gasteiger partial charge in [0, 0.05) is 17.8 Å². The average molecular weight is 301 g/mol. The van der Waals surface area contributed by atoms with Gasteiger partial charge in [0.2, 0.25) is 0 Å². The van der Waals surface area contributed by atoms with Gasteiger partial charge in [0.25, 0.3) is 5.69 Å². The Morgan fingerprint density at radius 2 is 2.10 bits per heavy atom. The van der Waals surface area contributed by atoms with Crippen LogP contribution in [0.2, 0.25) is 5.02 Å². The molecule has 6 nitrogen and oxygen atoms in total. The third-order valence-electron chi connectivity index (χ3n) is 2.92. The van der Waals surface area contributed by atoms with Crippen molar-refractivity contribution in [1.82, 2.24) is 0 Å². The van der Waals surface area contributed by atoms with Crippen molar-refractivity contribution < 1.29 is 14.5 Å². The lowest BCUT2D eigenvalue weighted by molar-refractivity contribution is -0.384. The number of esters is 1. The Bertz CT molecular complexity index is 531. The van der Waals surface area contributed by atoms with Crippen LogP contribution in [0.15, 0.2) is 12.1 Å². The molecule has 0 amide bonds. The van der Waals surface area contributed by atoms with E-state index in [-0.39, 0.29) is 29.3 Å². The number of halogens is 1. The molecule has 0 aromatic heterocycles. The number of nitro groups is 1. The minimum absolute atomic E-state index is 0.0188. The number of aryl methyl sites for hydroxylation is 1. The first-order chi connectivity index (χ1) is 9.27. The van der Waals surface area contributed by atoms with Gasteiger partial charge in [0.05, 0.1) is 12.0 Å². The summed E-state index contributed by atoms with van der Waals surface area (Å²) in [5.41, 5.74) is 1.22. The minimum atomic E-state index is -0.529. The van der Waals surface area contributed by atoms with Crippen LogP contribution in [0.5, 0.6) is 0 Å². The lowest BCUT2D eigenvalue weighted by Gasteiger charge is -2.29. The summed E-state index contributed by atoms with van der Waals surface area (Å²) < 4.78 is 4.66. The third-order valence-corrected chi connectivity index (χ3v) is 3.22. The van der Waals surface area contributed by atoms with Crippen molar-refractivity contribution in [3.8, 4) is 0 Å². The Morgan fingerprint density at radius 1 is 1.50 bits per heavy atom. The number of nitrogens with zero attached hydrogens (tertiary/aromatic N) is 2. The highest BCUT2D eigenvalue weighted by molar-refractivity contribution is 6.33. The van der Waals surface area contributed by atoms with Gasteiger partial charge in [0.15, 0.2) is 0 Å². The molecule has 0 spiro atoms. The monoisotopic (exact) mass is 300 g/mol. The molecule has 0 N–H and O–H groups in total. The van der Waals surface area contributed by atoms with Crippen LogP contribution in [-0.2, 0) is 9.53 Å². The minimum Gasteiger partial charge on any atom is -0.468 e. The fraction of sp³-hybridized carbons (Fsp3) is 0.462. The molecule has 0 unspecified atom stereocenters. The highest BCUT2D eigenvalue weighted by atomic mass is 35.5. The number of carbonyl (C=O) groups excluding carboxylic acids is 1. The van der Waals surface area contributed by atoms with Crippen molar-refractivity contribution in [3.05, 3.63) is 32.8 Å². The van der Waals surface area contributed by atoms with E-state index in [2.05, 4.69) is 4.74 Å². The topological polar surface area (TPSA) is 72.7 Å². The second-order valence-corrected chi connectivity index (χ2v) is 5.05. The first-order valence-corrected chi connectivity index (χ1v) is 6.43. The van der Waals surface area contributed by atoms with Crippen LogP contribution in [0.25, 0.3) is 0 Å². The molecule has 0 saturated carbocycles. The van der Waals surface area contributed by atoms with Gasteiger partial charge in [0.1, 0.15) is 11.6 Å². The molecular weight excluding hydrogens is 284 g/mol. The summed E-state index contributed by atoms with van der Waals surface area (Å²) in [4.78, 5) is 23.6. The molecule has 110 valence electrons. The van der Waals surface area contributed by atoms with E-state index < -0.39 is 4.92 Å². The molecule has 0 bridgehead atoms. The van der Waals surface area contributed by atoms with E-state index >= 15 is 0 Å². The van der Waals surface area contributed by atoms with E-state index in [1.54, 1.807) is 11.8 Å². The summed E-state index contributed by atoms with van der Waals surface area (Å²) in [5, 5.41) is 10.9. The number of hydrogen-bond donors (Lipinski definition) is 0. The van der Waals surface area contributed by atoms with Crippen molar-refractivity contribution in [3.63, 3.8) is 0 Å². The standard InChI is InChI=1S/C13H17ClN2O4/c1-8(2)15(7-13(17)20-4)11-6-10(14)12(16(18)19)5-9(11)3/h5-6,8H,7H2,1-4H3. The molecule has 20 heavy (non-hydrogen) atoms. The summed E-state index contributed by atoms with van der Waals surface area (Å²) in [5.74, 6) is -0.382. The first-order valence-electron chi connectivity index (χ1n) is 6.06. The smallest absolute Gasteiger partial charge is 0.325 e. The fourth-order valence-corrected chi connectivity index (χ4v) is 2.08. The molecule has 0 aliphatic heterocycles. The Labute approximate surface area is 122 Å². The molecule has 1 rings (SSSR count). The summed E-state index contributed by atoms with van der Waals surface area (Å²) in [6.07, 6.45) is 0. The largest absolute Gasteiger partial charge is 0.468 e. The molecular formula is C13H17ClN2O4. The quantitative estimate of drug-likeness (QED) is 0.475. The normalized spacial score (nSPS) is 10.5. The number of nitro benzene ring substituents is 1. The van der Waals surface area contributed by atoms with Gasteiger partial charge in [-0.25, -0.2) is 0 Å². The SMILES string of the molecule is COC(=O)CN(c1cc(Cl)c([N+](=O)[O-])cc1C)C(C)C. The second-order valence-electron chi connectivity index (χ2n) is 4.64. The van der Waals surface area contributed by atoms with Crippen LogP contribution in [0.3, 0.4) is 0 Å². The number of hydrogen-bond acceptors (Lipinski definition) is 5. The zero-order valence-electron chi connectivity index (χ0n) is 11.8. The zero-order valence-corrected chi connectivity index (χ0v) is 12.6. The van der Waals surface area contributed by atoms with Crippen molar-refractivity contribution in [2.24, 2.45) is 0 Å². The molecule has 1 aromatic rings. The molecule has 0 radical (unpaired) electrons. The van der Waals surface area contributed by atoms with Gasteiger partial charge in [-0.2, -0.15) is 0 Å². The fourth-order valence-electron chi connectivity index (χ4n) is 1.85. The average Bonchev–Trinajstić information content (AvgIpc) is 2.37. The lowest BCUT2D eigenvalue weighted by atomic mass is 10.1. The summed E-state index contributed by atoms with van der Waals surface area (Å²) in [6.45, 7) is 5.63. The number of carbonyl (C=O) groups is 1. The van der Waals surface area contributed by atoms with Gasteiger partial charge in [-0.15, -0.1) is 0 Å². The predicted molar refractivity (Wildman–Crippen MR) is 77.3 cm³/mol. The van der Waals surface area contributed by atoms with Gasteiger partial charge in [-0.3, -0.25) is 14.9 Å². The molecule has 0 aliphatic carbocycles. The number of anilines is 1. The van der Waals surface area contributed by atoms with Crippen molar-refractivity contribution >= 4 is 28.9 Å². The Kier molecular flexibility index (Phi) is 5.33. The second kappa shape index (κ2) is 6.56. The maximum atomic E-state index is 11.5. The zero-order chi connectivity index (χ0) is 15.4. The van der Waals surface area contributed by atoms with Gasteiger partial charge in [-0.1, -0.05) is 11.6 Å². The van der Waals surface area contributed by atoms with Gasteiger partial charge in [-0.05, 0) is 32.4 Å². The lowest BCUT2D eigenvalue weighted by Crippen LogP contribution is -2.36. The maximum absolute atomic E-state index is 11.5. The van der Waals surface area contributed by atoms with E-state index in [9.17, 15) is 14.9 Å². The number of methoxy groups -OCH3 is 1. The van der Waals surface area contributed by atoms with Crippen LogP contribution < -0.4 is 4.90 Å². The van der Waals surface area contributed by atoms with Crippen LogP contribution in [0.1, 0.15) is 19.4 Å². The molecule has 7 heteroatoms.